The summed E-state index contributed by atoms with van der Waals surface area (Å²) in [7, 11) is 5.30. The molecule has 0 saturated carbocycles. The number of nitrogens with zero attached hydrogens (tertiary/aromatic N) is 4. The average Bonchev–Trinajstić information content (AvgIpc) is 2.90. The van der Waals surface area contributed by atoms with E-state index in [2.05, 4.69) is 11.7 Å². The van der Waals surface area contributed by atoms with Gasteiger partial charge in [0.15, 0.2) is 0 Å². The Morgan fingerprint density at radius 1 is 1.28 bits per heavy atom. The number of carbonyl (C=O) groups is 2. The number of benzene rings is 1. The van der Waals surface area contributed by atoms with E-state index >= 15 is 0 Å². The Morgan fingerprint density at radius 3 is 2.52 bits per heavy atom. The van der Waals surface area contributed by atoms with E-state index in [9.17, 15) is 9.59 Å². The number of para-hydroxylation sites is 1. The van der Waals surface area contributed by atoms with Crippen LogP contribution in [0.4, 0.5) is 5.69 Å². The van der Waals surface area contributed by atoms with Gasteiger partial charge in [-0.05, 0) is 30.7 Å². The SMILES string of the molecule is C=CC(=O)N(Cc1cc(C)n(C)n1)c1ccccc1CC(=O)N(C)C. The molecule has 0 aliphatic rings. The Bertz CT molecular complexity index is 773. The number of anilines is 1. The first-order valence-electron chi connectivity index (χ1n) is 8.05. The molecule has 2 rings (SSSR count). The average molecular weight is 340 g/mol. The summed E-state index contributed by atoms with van der Waals surface area (Å²) >= 11 is 0. The Labute approximate surface area is 148 Å². The van der Waals surface area contributed by atoms with E-state index in [1.165, 1.54) is 6.08 Å². The number of aryl methyl sites for hydroxylation is 2. The number of amides is 2. The number of carbonyl (C=O) groups excluding carboxylic acids is 2. The van der Waals surface area contributed by atoms with E-state index in [-0.39, 0.29) is 18.2 Å². The standard InChI is InChI=1S/C19H24N4O2/c1-6-18(24)23(13-16-11-14(2)22(5)20-16)17-10-8-7-9-15(17)12-19(25)21(3)4/h6-11H,1,12-13H2,2-5H3. The van der Waals surface area contributed by atoms with E-state index in [0.717, 1.165) is 17.0 Å². The lowest BCUT2D eigenvalue weighted by Crippen LogP contribution is -2.31. The van der Waals surface area contributed by atoms with Gasteiger partial charge in [0, 0.05) is 32.5 Å². The monoisotopic (exact) mass is 340 g/mol. The van der Waals surface area contributed by atoms with Gasteiger partial charge < -0.3 is 9.80 Å². The second kappa shape index (κ2) is 7.79. The van der Waals surface area contributed by atoms with Gasteiger partial charge in [0.25, 0.3) is 5.91 Å². The van der Waals surface area contributed by atoms with Gasteiger partial charge in [-0.2, -0.15) is 5.10 Å². The van der Waals surface area contributed by atoms with Crippen LogP contribution in [0.5, 0.6) is 0 Å². The quantitative estimate of drug-likeness (QED) is 0.757. The zero-order valence-corrected chi connectivity index (χ0v) is 15.2. The third-order valence-electron chi connectivity index (χ3n) is 4.05. The number of aromatic nitrogens is 2. The van der Waals surface area contributed by atoms with Crippen LogP contribution in [0, 0.1) is 6.92 Å². The number of rotatable bonds is 6. The lowest BCUT2D eigenvalue weighted by molar-refractivity contribution is -0.128. The van der Waals surface area contributed by atoms with E-state index < -0.39 is 0 Å². The molecule has 0 aliphatic heterocycles. The van der Waals surface area contributed by atoms with Gasteiger partial charge in [0.05, 0.1) is 18.7 Å². The molecule has 132 valence electrons. The predicted octanol–water partition coefficient (Wildman–Crippen LogP) is 2.08. The first-order valence-corrected chi connectivity index (χ1v) is 8.05. The summed E-state index contributed by atoms with van der Waals surface area (Å²) in [4.78, 5) is 27.7. The molecule has 6 nitrogen and oxygen atoms in total. The molecule has 1 heterocycles. The van der Waals surface area contributed by atoms with Crippen molar-refractivity contribution in [3.8, 4) is 0 Å². The molecule has 25 heavy (non-hydrogen) atoms. The van der Waals surface area contributed by atoms with Crippen LogP contribution < -0.4 is 4.90 Å². The van der Waals surface area contributed by atoms with Crippen molar-refractivity contribution in [3.63, 3.8) is 0 Å². The molecule has 0 fully saturated rings. The minimum Gasteiger partial charge on any atom is -0.349 e. The fourth-order valence-corrected chi connectivity index (χ4v) is 2.51. The molecule has 0 aliphatic carbocycles. The van der Waals surface area contributed by atoms with Crippen LogP contribution in [0.15, 0.2) is 43.0 Å². The maximum Gasteiger partial charge on any atom is 0.250 e. The van der Waals surface area contributed by atoms with Crippen LogP contribution in [-0.4, -0.2) is 40.6 Å². The Balaban J connectivity index is 2.39. The third-order valence-corrected chi connectivity index (χ3v) is 4.05. The third kappa shape index (κ3) is 4.35. The Hall–Kier alpha value is -2.89. The molecule has 1 aromatic carbocycles. The molecule has 0 unspecified atom stereocenters. The van der Waals surface area contributed by atoms with Crippen molar-refractivity contribution in [2.75, 3.05) is 19.0 Å². The molecule has 2 amide bonds. The summed E-state index contributed by atoms with van der Waals surface area (Å²) < 4.78 is 1.77. The fourth-order valence-electron chi connectivity index (χ4n) is 2.51. The number of hydrogen-bond donors (Lipinski definition) is 0. The van der Waals surface area contributed by atoms with Gasteiger partial charge in [-0.1, -0.05) is 24.8 Å². The van der Waals surface area contributed by atoms with Crippen LogP contribution >= 0.6 is 0 Å². The molecule has 0 radical (unpaired) electrons. The van der Waals surface area contributed by atoms with Crippen LogP contribution in [0.2, 0.25) is 0 Å². The van der Waals surface area contributed by atoms with Crippen LogP contribution in [0.3, 0.4) is 0 Å². The van der Waals surface area contributed by atoms with Gasteiger partial charge >= 0.3 is 0 Å². The molecule has 2 aromatic rings. The Morgan fingerprint density at radius 2 is 1.96 bits per heavy atom. The van der Waals surface area contributed by atoms with Crippen molar-refractivity contribution in [1.82, 2.24) is 14.7 Å². The van der Waals surface area contributed by atoms with E-state index in [4.69, 9.17) is 0 Å². The molecule has 0 atom stereocenters. The highest BCUT2D eigenvalue weighted by atomic mass is 16.2. The van der Waals surface area contributed by atoms with Crippen LogP contribution in [-0.2, 0) is 29.6 Å². The minimum absolute atomic E-state index is 0.0212. The highest BCUT2D eigenvalue weighted by Crippen LogP contribution is 2.24. The highest BCUT2D eigenvalue weighted by Gasteiger charge is 2.20. The van der Waals surface area contributed by atoms with E-state index in [1.807, 2.05) is 44.3 Å². The van der Waals surface area contributed by atoms with Crippen molar-refractivity contribution < 1.29 is 9.59 Å². The van der Waals surface area contributed by atoms with Crippen molar-refractivity contribution in [3.05, 3.63) is 59.9 Å². The first kappa shape index (κ1) is 18.4. The topological polar surface area (TPSA) is 58.4 Å². The van der Waals surface area contributed by atoms with Crippen molar-refractivity contribution in [2.45, 2.75) is 19.9 Å². The molecule has 6 heteroatoms. The maximum absolute atomic E-state index is 12.5. The molecular weight excluding hydrogens is 316 g/mol. The van der Waals surface area contributed by atoms with Gasteiger partial charge in [-0.15, -0.1) is 0 Å². The summed E-state index contributed by atoms with van der Waals surface area (Å²) in [5, 5.41) is 4.42. The first-order chi connectivity index (χ1) is 11.8. The number of hydrogen-bond acceptors (Lipinski definition) is 3. The minimum atomic E-state index is -0.229. The summed E-state index contributed by atoms with van der Waals surface area (Å²) in [6, 6.07) is 9.37. The second-order valence-electron chi connectivity index (χ2n) is 6.12. The number of likely N-dealkylation sites (N-methyl/N-ethyl adjacent to an activating group) is 1. The van der Waals surface area contributed by atoms with Gasteiger partial charge in [-0.25, -0.2) is 0 Å². The lowest BCUT2D eigenvalue weighted by atomic mass is 10.1. The van der Waals surface area contributed by atoms with E-state index in [0.29, 0.717) is 12.2 Å². The van der Waals surface area contributed by atoms with Gasteiger partial charge in [0.2, 0.25) is 5.91 Å². The molecule has 0 spiro atoms. The summed E-state index contributed by atoms with van der Waals surface area (Å²) in [6.45, 7) is 5.88. The van der Waals surface area contributed by atoms with Gasteiger partial charge in [0.1, 0.15) is 0 Å². The highest BCUT2D eigenvalue weighted by molar-refractivity contribution is 6.01. The zero-order valence-electron chi connectivity index (χ0n) is 15.2. The smallest absolute Gasteiger partial charge is 0.250 e. The zero-order chi connectivity index (χ0) is 18.6. The van der Waals surface area contributed by atoms with Gasteiger partial charge in [-0.3, -0.25) is 14.3 Å². The second-order valence-corrected chi connectivity index (χ2v) is 6.12. The molecule has 0 saturated heterocycles. The van der Waals surface area contributed by atoms with Crippen LogP contribution in [0.25, 0.3) is 0 Å². The maximum atomic E-state index is 12.5. The lowest BCUT2D eigenvalue weighted by Gasteiger charge is -2.24. The summed E-state index contributed by atoms with van der Waals surface area (Å²) in [5.74, 6) is -0.250. The summed E-state index contributed by atoms with van der Waals surface area (Å²) in [6.07, 6.45) is 1.51. The Kier molecular flexibility index (Phi) is 5.75. The molecular formula is C19H24N4O2. The van der Waals surface area contributed by atoms with Crippen molar-refractivity contribution in [1.29, 1.82) is 0 Å². The summed E-state index contributed by atoms with van der Waals surface area (Å²) in [5.41, 5.74) is 3.29. The van der Waals surface area contributed by atoms with Crippen LogP contribution in [0.1, 0.15) is 17.0 Å². The normalized spacial score (nSPS) is 10.4. The molecule has 0 bridgehead atoms. The largest absolute Gasteiger partial charge is 0.349 e. The molecule has 1 aromatic heterocycles. The fraction of sp³-hybridized carbons (Fsp3) is 0.316. The van der Waals surface area contributed by atoms with Crippen molar-refractivity contribution >= 4 is 17.5 Å². The van der Waals surface area contributed by atoms with Crippen molar-refractivity contribution in [2.24, 2.45) is 7.05 Å². The molecule has 0 N–H and O–H groups in total. The van der Waals surface area contributed by atoms with E-state index in [1.54, 1.807) is 28.6 Å². The predicted molar refractivity (Wildman–Crippen MR) is 98.2 cm³/mol.